The standard InChI is InChI=1S/C78H152O17P2/c1-5-9-13-17-21-24-27-30-33-35-36-38-40-43-46-49-53-57-61-65-78(83)95-74(69-89-76(81)63-59-55-51-47-44-42-39-37-34-31-28-25-22-18-14-10-6-2)71-93-97(86,87)91-67-72(79)66-90-96(84,85)92-70-73(68-88-75(80)62-58-54-50-20-16-12-8-4)94-77(82)64-60-56-52-48-45-41-32-29-26-23-19-15-11-7-3/h72-74,79H,5-71H2,1-4H3,(H,84,85)(H,86,87)/t72-,73+,74+/m0/s1. The van der Waals surface area contributed by atoms with Crippen molar-refractivity contribution < 1.29 is 80.2 Å². The van der Waals surface area contributed by atoms with Gasteiger partial charge < -0.3 is 33.8 Å². The number of hydrogen-bond acceptors (Lipinski definition) is 15. The lowest BCUT2D eigenvalue weighted by molar-refractivity contribution is -0.161. The van der Waals surface area contributed by atoms with Crippen molar-refractivity contribution in [2.45, 2.75) is 438 Å². The molecule has 0 aromatic carbocycles. The van der Waals surface area contributed by atoms with Crippen LogP contribution in [0, 0.1) is 0 Å². The molecule has 19 heteroatoms. The number of rotatable bonds is 79. The van der Waals surface area contributed by atoms with Gasteiger partial charge in [-0.2, -0.15) is 0 Å². The van der Waals surface area contributed by atoms with Gasteiger partial charge in [0.05, 0.1) is 26.4 Å². The SMILES string of the molecule is CCCCCCCCCCCCCCCCCCCCCC(=O)O[C@H](COC(=O)CCCCCCCCCCCCCCCCCCC)COP(=O)(O)OC[C@@H](O)COP(=O)(O)OC[C@@H](COC(=O)CCCCCCCCC)OC(=O)CCCCCCCCCCCCCCCC. The van der Waals surface area contributed by atoms with E-state index in [4.69, 9.17) is 37.0 Å². The van der Waals surface area contributed by atoms with E-state index in [1.54, 1.807) is 0 Å². The molecule has 0 heterocycles. The maximum atomic E-state index is 13.1. The van der Waals surface area contributed by atoms with Crippen molar-refractivity contribution in [1.82, 2.24) is 0 Å². The Hall–Kier alpha value is -1.94. The number of unbranched alkanes of at least 4 members (excludes halogenated alkanes) is 53. The number of aliphatic hydroxyl groups excluding tert-OH is 1. The van der Waals surface area contributed by atoms with Crippen LogP contribution in [0.5, 0.6) is 0 Å². The van der Waals surface area contributed by atoms with Crippen LogP contribution in [0.2, 0.25) is 0 Å². The quantitative estimate of drug-likeness (QED) is 0.0222. The third-order valence-electron chi connectivity index (χ3n) is 18.4. The highest BCUT2D eigenvalue weighted by atomic mass is 31.2. The minimum atomic E-state index is -4.96. The number of carbonyl (C=O) groups excluding carboxylic acids is 4. The number of esters is 4. The Morgan fingerprint density at radius 1 is 0.247 bits per heavy atom. The normalized spacial score (nSPS) is 13.8. The Bertz CT molecular complexity index is 1840. The van der Waals surface area contributed by atoms with Gasteiger partial charge in [0.2, 0.25) is 0 Å². The minimum absolute atomic E-state index is 0.108. The fourth-order valence-corrected chi connectivity index (χ4v) is 13.7. The number of hydrogen-bond donors (Lipinski definition) is 3. The second-order valence-corrected chi connectivity index (χ2v) is 31.0. The van der Waals surface area contributed by atoms with E-state index in [-0.39, 0.29) is 25.7 Å². The number of phosphoric ester groups is 2. The number of ether oxygens (including phenoxy) is 4. The van der Waals surface area contributed by atoms with E-state index in [1.807, 2.05) is 0 Å². The van der Waals surface area contributed by atoms with Gasteiger partial charge in [-0.05, 0) is 25.7 Å². The van der Waals surface area contributed by atoms with Crippen LogP contribution in [-0.2, 0) is 65.4 Å². The predicted octanol–water partition coefficient (Wildman–Crippen LogP) is 23.4. The van der Waals surface area contributed by atoms with Gasteiger partial charge in [0, 0.05) is 25.7 Å². The van der Waals surface area contributed by atoms with E-state index in [1.165, 1.54) is 238 Å². The van der Waals surface area contributed by atoms with Crippen molar-refractivity contribution >= 4 is 39.5 Å². The second-order valence-electron chi connectivity index (χ2n) is 28.1. The molecule has 0 aromatic rings. The molecular formula is C78H152O17P2. The Balaban J connectivity index is 5.18. The largest absolute Gasteiger partial charge is 0.472 e. The second kappa shape index (κ2) is 72.4. The lowest BCUT2D eigenvalue weighted by Gasteiger charge is -2.21. The maximum absolute atomic E-state index is 13.1. The van der Waals surface area contributed by atoms with Crippen LogP contribution in [0.25, 0.3) is 0 Å². The molecule has 0 bridgehead atoms. The fourth-order valence-electron chi connectivity index (χ4n) is 12.1. The number of carbonyl (C=O) groups is 4. The van der Waals surface area contributed by atoms with Crippen LogP contribution < -0.4 is 0 Å². The third-order valence-corrected chi connectivity index (χ3v) is 20.3. The number of phosphoric acid groups is 2. The summed E-state index contributed by atoms with van der Waals surface area (Å²) in [6.45, 7) is 4.97. The molecule has 0 radical (unpaired) electrons. The van der Waals surface area contributed by atoms with Crippen molar-refractivity contribution in [2.75, 3.05) is 39.6 Å². The molecule has 576 valence electrons. The van der Waals surface area contributed by atoms with E-state index in [2.05, 4.69) is 27.7 Å². The minimum Gasteiger partial charge on any atom is -0.462 e. The summed E-state index contributed by atoms with van der Waals surface area (Å²) in [6, 6.07) is 0. The van der Waals surface area contributed by atoms with Crippen molar-refractivity contribution in [1.29, 1.82) is 0 Å². The van der Waals surface area contributed by atoms with E-state index in [0.717, 1.165) is 103 Å². The highest BCUT2D eigenvalue weighted by Gasteiger charge is 2.30. The first-order valence-electron chi connectivity index (χ1n) is 40.8. The van der Waals surface area contributed by atoms with Crippen molar-refractivity contribution in [2.24, 2.45) is 0 Å². The average molecular weight is 1420 g/mol. The first-order chi connectivity index (χ1) is 47.2. The molecule has 2 unspecified atom stereocenters. The lowest BCUT2D eigenvalue weighted by atomic mass is 10.0. The molecule has 0 rings (SSSR count). The monoisotopic (exact) mass is 1420 g/mol. The maximum Gasteiger partial charge on any atom is 0.472 e. The summed E-state index contributed by atoms with van der Waals surface area (Å²) in [5.41, 5.74) is 0. The molecule has 0 amide bonds. The van der Waals surface area contributed by atoms with E-state index < -0.39 is 97.5 Å². The summed E-state index contributed by atoms with van der Waals surface area (Å²) in [6.07, 6.45) is 63.9. The summed E-state index contributed by atoms with van der Waals surface area (Å²) in [5, 5.41) is 10.6. The highest BCUT2D eigenvalue weighted by molar-refractivity contribution is 7.47. The van der Waals surface area contributed by atoms with Gasteiger partial charge in [-0.3, -0.25) is 37.3 Å². The lowest BCUT2D eigenvalue weighted by Crippen LogP contribution is -2.30. The Kier molecular flexibility index (Phi) is 71.0. The summed E-state index contributed by atoms with van der Waals surface area (Å²) in [4.78, 5) is 72.8. The molecule has 0 aromatic heterocycles. The predicted molar refractivity (Wildman–Crippen MR) is 395 cm³/mol. The van der Waals surface area contributed by atoms with E-state index >= 15 is 0 Å². The molecule has 0 aliphatic heterocycles. The van der Waals surface area contributed by atoms with Crippen LogP contribution >= 0.6 is 15.6 Å². The Morgan fingerprint density at radius 3 is 0.608 bits per heavy atom. The molecular weight excluding hydrogens is 1270 g/mol. The zero-order valence-corrected chi connectivity index (χ0v) is 64.8. The van der Waals surface area contributed by atoms with Crippen molar-refractivity contribution in [3.05, 3.63) is 0 Å². The van der Waals surface area contributed by atoms with Gasteiger partial charge in [0.15, 0.2) is 12.2 Å². The molecule has 5 atom stereocenters. The smallest absolute Gasteiger partial charge is 0.462 e. The average Bonchev–Trinajstić information content (AvgIpc) is 1.09. The Morgan fingerprint density at radius 2 is 0.412 bits per heavy atom. The van der Waals surface area contributed by atoms with Gasteiger partial charge >= 0.3 is 39.5 Å². The van der Waals surface area contributed by atoms with Crippen molar-refractivity contribution in [3.63, 3.8) is 0 Å². The van der Waals surface area contributed by atoms with Crippen LogP contribution in [0.15, 0.2) is 0 Å². The summed E-state index contributed by atoms with van der Waals surface area (Å²) in [5.74, 6) is -2.11. The van der Waals surface area contributed by atoms with Gasteiger partial charge in [-0.1, -0.05) is 368 Å². The van der Waals surface area contributed by atoms with Crippen LogP contribution in [0.3, 0.4) is 0 Å². The van der Waals surface area contributed by atoms with Crippen LogP contribution in [0.1, 0.15) is 419 Å². The zero-order valence-electron chi connectivity index (χ0n) is 63.1. The number of aliphatic hydroxyl groups is 1. The third kappa shape index (κ3) is 72.2. The van der Waals surface area contributed by atoms with Crippen molar-refractivity contribution in [3.8, 4) is 0 Å². The molecule has 0 fully saturated rings. The van der Waals surface area contributed by atoms with Gasteiger partial charge in [0.1, 0.15) is 19.3 Å². The van der Waals surface area contributed by atoms with E-state index in [0.29, 0.717) is 25.7 Å². The van der Waals surface area contributed by atoms with Gasteiger partial charge in [-0.25, -0.2) is 9.13 Å². The van der Waals surface area contributed by atoms with Gasteiger partial charge in [-0.15, -0.1) is 0 Å². The summed E-state index contributed by atoms with van der Waals surface area (Å²) >= 11 is 0. The molecule has 0 saturated heterocycles. The van der Waals surface area contributed by atoms with Gasteiger partial charge in [0.25, 0.3) is 0 Å². The van der Waals surface area contributed by atoms with Crippen LogP contribution in [-0.4, -0.2) is 96.7 Å². The molecule has 3 N–H and O–H groups in total. The summed E-state index contributed by atoms with van der Waals surface area (Å²) in [7, 11) is -9.91. The molecule has 17 nitrogen and oxygen atoms in total. The fraction of sp³-hybridized carbons (Fsp3) is 0.949. The summed E-state index contributed by atoms with van der Waals surface area (Å²) < 4.78 is 68.5. The topological polar surface area (TPSA) is 237 Å². The molecule has 0 aliphatic rings. The molecule has 0 saturated carbocycles. The highest BCUT2D eigenvalue weighted by Crippen LogP contribution is 2.45. The van der Waals surface area contributed by atoms with Crippen LogP contribution in [0.4, 0.5) is 0 Å². The molecule has 0 spiro atoms. The first-order valence-corrected chi connectivity index (χ1v) is 43.8. The zero-order chi connectivity index (χ0) is 71.1. The first kappa shape index (κ1) is 95.1. The van der Waals surface area contributed by atoms with E-state index in [9.17, 15) is 43.2 Å². The Labute approximate surface area is 594 Å². The molecule has 97 heavy (non-hydrogen) atoms. The molecule has 0 aliphatic carbocycles.